The number of hydrogen-bond acceptors (Lipinski definition) is 15. The van der Waals surface area contributed by atoms with Gasteiger partial charge in [-0.15, -0.1) is 20.4 Å². The number of unbranched alkanes of at least 4 members (excludes halogenated alkanes) is 2. The molecule has 15 nitrogen and oxygen atoms in total. The molecule has 0 radical (unpaired) electrons. The van der Waals surface area contributed by atoms with Crippen molar-refractivity contribution >= 4 is 44.8 Å². The summed E-state index contributed by atoms with van der Waals surface area (Å²) in [6, 6.07) is 6.08. The van der Waals surface area contributed by atoms with Gasteiger partial charge in [-0.1, -0.05) is 49.4 Å². The first-order valence-electron chi connectivity index (χ1n) is 15.2. The quantitative estimate of drug-likeness (QED) is 0.116. The molecule has 0 aliphatic carbocycles. The normalized spacial score (nSPS) is 10.0. The third-order valence-corrected chi connectivity index (χ3v) is 7.63. The van der Waals surface area contributed by atoms with Gasteiger partial charge >= 0.3 is 5.97 Å². The lowest BCUT2D eigenvalue weighted by atomic mass is 10.1. The van der Waals surface area contributed by atoms with Crippen LogP contribution in [0.1, 0.15) is 70.3 Å². The van der Waals surface area contributed by atoms with Crippen molar-refractivity contribution in [1.29, 1.82) is 0 Å². The highest BCUT2D eigenvalue weighted by atomic mass is 32.1. The van der Waals surface area contributed by atoms with Crippen molar-refractivity contribution in [3.05, 3.63) is 45.4 Å². The highest BCUT2D eigenvalue weighted by Crippen LogP contribution is 2.40. The first kappa shape index (κ1) is 40.3. The van der Waals surface area contributed by atoms with Crippen molar-refractivity contribution in [3.63, 3.8) is 0 Å². The largest absolute Gasteiger partial charge is 0.493 e. The summed E-state index contributed by atoms with van der Waals surface area (Å²) in [5.74, 6) is 1.21. The van der Waals surface area contributed by atoms with E-state index in [1.165, 1.54) is 63.2 Å². The summed E-state index contributed by atoms with van der Waals surface area (Å²) in [7, 11) is 5.98. The average Bonchev–Trinajstić information content (AvgIpc) is 3.69. The van der Waals surface area contributed by atoms with Crippen molar-refractivity contribution in [2.45, 2.75) is 53.4 Å². The Bertz CT molecular complexity index is 1560. The van der Waals surface area contributed by atoms with E-state index in [0.717, 1.165) is 35.7 Å². The number of nitrogens with one attached hydrogen (secondary N) is 1. The van der Waals surface area contributed by atoms with Crippen LogP contribution < -0.4 is 39.5 Å². The summed E-state index contributed by atoms with van der Waals surface area (Å²) in [5.41, 5.74) is 5.72. The molecule has 17 heteroatoms. The van der Waals surface area contributed by atoms with Crippen LogP contribution in [-0.4, -0.2) is 79.0 Å². The zero-order chi connectivity index (χ0) is 36.3. The Morgan fingerprint density at radius 2 is 1.14 bits per heavy atom. The van der Waals surface area contributed by atoms with E-state index in [0.29, 0.717) is 63.5 Å². The highest BCUT2D eigenvalue weighted by molar-refractivity contribution is 7.15. The third kappa shape index (κ3) is 12.9. The van der Waals surface area contributed by atoms with Crippen LogP contribution in [0.15, 0.2) is 24.3 Å². The van der Waals surface area contributed by atoms with Gasteiger partial charge in [-0.2, -0.15) is 0 Å². The fourth-order valence-corrected chi connectivity index (χ4v) is 4.82. The smallest absolute Gasteiger partial charge is 0.335 e. The monoisotopic (exact) mass is 720 g/mol. The summed E-state index contributed by atoms with van der Waals surface area (Å²) in [5, 5.41) is 29.3. The molecular formula is C32H44N6O9S2. The Morgan fingerprint density at radius 3 is 1.45 bits per heavy atom. The van der Waals surface area contributed by atoms with Crippen molar-refractivity contribution in [1.82, 2.24) is 20.4 Å². The Morgan fingerprint density at radius 1 is 0.714 bits per heavy atom. The summed E-state index contributed by atoms with van der Waals surface area (Å²) >= 11 is 2.70. The Labute approximate surface area is 293 Å². The summed E-state index contributed by atoms with van der Waals surface area (Å²) < 4.78 is 32.3. The van der Waals surface area contributed by atoms with Crippen molar-refractivity contribution < 1.29 is 43.1 Å². The zero-order valence-electron chi connectivity index (χ0n) is 28.9. The maximum absolute atomic E-state index is 12.4. The molecule has 0 atom stereocenters. The van der Waals surface area contributed by atoms with Gasteiger partial charge in [0.15, 0.2) is 23.0 Å². The summed E-state index contributed by atoms with van der Waals surface area (Å²) in [4.78, 5) is 23.4. The summed E-state index contributed by atoms with van der Waals surface area (Å²) in [6.07, 6.45) is 3.86. The lowest BCUT2D eigenvalue weighted by Gasteiger charge is -2.15. The number of amides is 1. The van der Waals surface area contributed by atoms with E-state index in [1.54, 1.807) is 12.1 Å². The number of benzene rings is 2. The molecule has 0 bridgehead atoms. The molecule has 268 valence electrons. The number of hydrogen-bond donors (Lipinski definition) is 3. The van der Waals surface area contributed by atoms with E-state index in [-0.39, 0.29) is 11.5 Å². The van der Waals surface area contributed by atoms with Crippen molar-refractivity contribution in [3.8, 4) is 34.5 Å². The Balaban J connectivity index is 0.000000291. The van der Waals surface area contributed by atoms with Crippen LogP contribution in [-0.2, 0) is 0 Å². The number of aryl methyl sites for hydroxylation is 2. The summed E-state index contributed by atoms with van der Waals surface area (Å²) in [6.45, 7) is 8.93. The number of carbonyl (C=O) groups is 2. The number of nitrogens with zero attached hydrogens (tertiary/aromatic N) is 4. The van der Waals surface area contributed by atoms with E-state index in [2.05, 4.69) is 39.6 Å². The van der Waals surface area contributed by atoms with Gasteiger partial charge in [0, 0.05) is 5.56 Å². The minimum Gasteiger partial charge on any atom is -0.493 e. The number of anilines is 2. The predicted molar refractivity (Wildman–Crippen MR) is 189 cm³/mol. The van der Waals surface area contributed by atoms with Crippen LogP contribution in [0.4, 0.5) is 10.3 Å². The molecule has 0 saturated heterocycles. The number of nitrogens with two attached hydrogens (primary N) is 1. The van der Waals surface area contributed by atoms with E-state index in [9.17, 15) is 9.59 Å². The van der Waals surface area contributed by atoms with E-state index in [4.69, 9.17) is 39.3 Å². The molecule has 49 heavy (non-hydrogen) atoms. The number of aromatic carboxylic acids is 1. The van der Waals surface area contributed by atoms with Gasteiger partial charge in [-0.25, -0.2) is 4.79 Å². The molecule has 4 rings (SSSR count). The molecule has 4 N–H and O–H groups in total. The molecule has 0 aliphatic heterocycles. The number of carboxylic acids is 1. The fourth-order valence-electron chi connectivity index (χ4n) is 3.76. The second kappa shape index (κ2) is 21.1. The van der Waals surface area contributed by atoms with Crippen LogP contribution in [0.5, 0.6) is 34.5 Å². The molecule has 0 aliphatic rings. The lowest BCUT2D eigenvalue weighted by molar-refractivity contribution is 0.0695. The van der Waals surface area contributed by atoms with Gasteiger partial charge in [-0.3, -0.25) is 10.1 Å². The second-order valence-corrected chi connectivity index (χ2v) is 12.3. The Kier molecular flexibility index (Phi) is 17.4. The second-order valence-electron chi connectivity index (χ2n) is 9.87. The number of nitrogen functional groups attached to an aromatic ring is 1. The van der Waals surface area contributed by atoms with Crippen LogP contribution in [0.25, 0.3) is 0 Å². The lowest BCUT2D eigenvalue weighted by Crippen LogP contribution is -2.12. The third-order valence-electron chi connectivity index (χ3n) is 6.21. The van der Waals surface area contributed by atoms with Gasteiger partial charge in [0.1, 0.15) is 10.0 Å². The van der Waals surface area contributed by atoms with Gasteiger partial charge in [0.2, 0.25) is 21.8 Å². The number of aromatic nitrogens is 4. The van der Waals surface area contributed by atoms with E-state index < -0.39 is 5.97 Å². The van der Waals surface area contributed by atoms with Gasteiger partial charge in [0.05, 0.1) is 47.2 Å². The maximum Gasteiger partial charge on any atom is 0.335 e. The van der Waals surface area contributed by atoms with E-state index >= 15 is 0 Å². The molecule has 2 aromatic carbocycles. The average molecular weight is 721 g/mol. The molecule has 1 amide bonds. The first-order chi connectivity index (χ1) is 23.5. The number of ether oxygens (including phenoxy) is 6. The minimum absolute atomic E-state index is 0.103. The Hall–Kier alpha value is -4.90. The molecule has 2 heterocycles. The molecule has 0 fully saturated rings. The number of carboxylic acid groups (broad SMARTS) is 1. The number of carbonyl (C=O) groups excluding carboxylic acids is 1. The zero-order valence-corrected chi connectivity index (χ0v) is 30.6. The van der Waals surface area contributed by atoms with Crippen LogP contribution in [0.3, 0.4) is 0 Å². The van der Waals surface area contributed by atoms with Crippen molar-refractivity contribution in [2.24, 2.45) is 0 Å². The first-order valence-corrected chi connectivity index (χ1v) is 16.8. The predicted octanol–water partition coefficient (Wildman–Crippen LogP) is 6.30. The standard InChI is InChI=1S/C16H21N3O4S.C13H18O5.C3H5N3S/c1-5-6-7-23-14-12(21-3)8-11(9-13(14)22-4)15(20)17-16-19-18-10(2)24-16;1-4-5-6-18-12-10(16-2)7-9(13(14)15)8-11(12)17-3;1-2-5-6-3(4)7-2/h8-9H,5-7H2,1-4H3,(H,17,19,20);7-8H,4-6H2,1-3H3,(H,14,15);1H3,(H2,4,6). The SMILES string of the molecule is CCCCOc1c(OC)cc(C(=O)Nc2nnc(C)s2)cc1OC.CCCCOc1c(OC)cc(C(=O)O)cc1OC.Cc1nnc(N)s1. The van der Waals surface area contributed by atoms with E-state index in [1.807, 2.05) is 13.8 Å². The van der Waals surface area contributed by atoms with Gasteiger partial charge in [-0.05, 0) is 51.0 Å². The van der Waals surface area contributed by atoms with Crippen molar-refractivity contribution in [2.75, 3.05) is 52.7 Å². The molecule has 0 unspecified atom stereocenters. The van der Waals surface area contributed by atoms with Gasteiger partial charge < -0.3 is 39.3 Å². The fraction of sp³-hybridized carbons (Fsp3) is 0.438. The number of rotatable bonds is 15. The molecule has 4 aromatic rings. The topological polar surface area (TPSA) is 199 Å². The highest BCUT2D eigenvalue weighted by Gasteiger charge is 2.19. The van der Waals surface area contributed by atoms with Gasteiger partial charge in [0.25, 0.3) is 5.91 Å². The minimum atomic E-state index is -1.04. The molecular weight excluding hydrogens is 677 g/mol. The molecule has 0 spiro atoms. The number of methoxy groups -OCH3 is 4. The maximum atomic E-state index is 12.4. The van der Waals surface area contributed by atoms with Crippen LogP contribution in [0, 0.1) is 13.8 Å². The molecule has 0 saturated carbocycles. The molecule has 2 aromatic heterocycles. The van der Waals surface area contributed by atoms with Crippen LogP contribution in [0.2, 0.25) is 0 Å². The van der Waals surface area contributed by atoms with Crippen LogP contribution >= 0.6 is 22.7 Å².